The van der Waals surface area contributed by atoms with E-state index in [1.807, 2.05) is 11.5 Å². The molecule has 0 saturated carbocycles. The molecule has 0 amide bonds. The zero-order valence-corrected chi connectivity index (χ0v) is 18.1. The van der Waals surface area contributed by atoms with Gasteiger partial charge in [-0.3, -0.25) is 10.1 Å². The monoisotopic (exact) mass is 432 g/mol. The van der Waals surface area contributed by atoms with Crippen molar-refractivity contribution in [2.75, 3.05) is 14.1 Å². The summed E-state index contributed by atoms with van der Waals surface area (Å²) in [6, 6.07) is 9.49. The van der Waals surface area contributed by atoms with Crippen LogP contribution >= 0.6 is 0 Å². The van der Waals surface area contributed by atoms with E-state index in [0.29, 0.717) is 29.2 Å². The second kappa shape index (κ2) is 8.41. The van der Waals surface area contributed by atoms with Crippen molar-refractivity contribution in [3.63, 3.8) is 0 Å². The average Bonchev–Trinajstić information content (AvgIpc) is 3.03. The van der Waals surface area contributed by atoms with Crippen LogP contribution in [0, 0.1) is 17.0 Å². The van der Waals surface area contributed by atoms with E-state index < -0.39 is 14.9 Å². The molecule has 0 N–H and O–H groups in total. The summed E-state index contributed by atoms with van der Waals surface area (Å²) < 4.78 is 33.9. The van der Waals surface area contributed by atoms with E-state index in [1.165, 1.54) is 20.2 Å². The van der Waals surface area contributed by atoms with Gasteiger partial charge in [0.1, 0.15) is 18.2 Å². The van der Waals surface area contributed by atoms with Crippen molar-refractivity contribution in [2.45, 2.75) is 38.3 Å². The van der Waals surface area contributed by atoms with E-state index in [2.05, 4.69) is 4.98 Å². The lowest BCUT2D eigenvalue weighted by Gasteiger charge is -2.11. The normalized spacial score (nSPS) is 11.9. The zero-order valence-electron chi connectivity index (χ0n) is 17.3. The molecule has 30 heavy (non-hydrogen) atoms. The van der Waals surface area contributed by atoms with E-state index in [-0.39, 0.29) is 17.2 Å². The van der Waals surface area contributed by atoms with E-state index in [4.69, 9.17) is 4.74 Å². The largest absolute Gasteiger partial charge is 0.486 e. The van der Waals surface area contributed by atoms with Gasteiger partial charge in [-0.05, 0) is 43.7 Å². The number of nitro benzene ring substituents is 1. The summed E-state index contributed by atoms with van der Waals surface area (Å²) in [6.07, 6.45) is 0.868. The molecule has 0 saturated heterocycles. The highest BCUT2D eigenvalue weighted by Gasteiger charge is 2.20. The number of nitrogens with zero attached hydrogens (tertiary/aromatic N) is 4. The Kier molecular flexibility index (Phi) is 6.09. The molecule has 0 bridgehead atoms. The Morgan fingerprint density at radius 2 is 1.93 bits per heavy atom. The number of hydrogen-bond donors (Lipinski definition) is 0. The number of sulfonamides is 1. The van der Waals surface area contributed by atoms with Crippen LogP contribution in [0.15, 0.2) is 41.3 Å². The Labute approximate surface area is 175 Å². The summed E-state index contributed by atoms with van der Waals surface area (Å²) in [6.45, 7) is 4.56. The molecule has 1 heterocycles. The Hall–Kier alpha value is -2.98. The molecule has 0 fully saturated rings. The first kappa shape index (κ1) is 21.7. The van der Waals surface area contributed by atoms with E-state index >= 15 is 0 Å². The van der Waals surface area contributed by atoms with Crippen LogP contribution in [0.4, 0.5) is 5.69 Å². The highest BCUT2D eigenvalue weighted by atomic mass is 32.2. The van der Waals surface area contributed by atoms with Gasteiger partial charge in [0.2, 0.25) is 10.0 Å². The smallest absolute Gasteiger partial charge is 0.272 e. The average molecular weight is 433 g/mol. The van der Waals surface area contributed by atoms with Crippen LogP contribution in [0.25, 0.3) is 11.0 Å². The van der Waals surface area contributed by atoms with Crippen LogP contribution in [0.2, 0.25) is 0 Å². The van der Waals surface area contributed by atoms with Crippen molar-refractivity contribution >= 4 is 26.7 Å². The molecule has 2 aromatic carbocycles. The molecule has 0 aliphatic heterocycles. The SMILES string of the molecule is CCCn1c(COc2ccc([N+](=O)[O-])c(C)c2)nc2cc(S(=O)(=O)N(C)C)ccc21. The van der Waals surface area contributed by atoms with Gasteiger partial charge in [-0.25, -0.2) is 17.7 Å². The number of imidazole rings is 1. The third-order valence-electron chi connectivity index (χ3n) is 4.76. The number of hydrogen-bond acceptors (Lipinski definition) is 6. The topological polar surface area (TPSA) is 108 Å². The summed E-state index contributed by atoms with van der Waals surface area (Å²) in [5, 5.41) is 11.0. The second-order valence-corrected chi connectivity index (χ2v) is 9.26. The van der Waals surface area contributed by atoms with Gasteiger partial charge in [-0.2, -0.15) is 0 Å². The summed E-state index contributed by atoms with van der Waals surface area (Å²) in [5.74, 6) is 1.16. The Balaban J connectivity index is 1.94. The Bertz CT molecular complexity index is 1200. The van der Waals surface area contributed by atoms with Gasteiger partial charge in [0.05, 0.1) is 20.9 Å². The van der Waals surface area contributed by atoms with Crippen LogP contribution in [-0.4, -0.2) is 41.3 Å². The molecule has 3 aromatic rings. The number of ether oxygens (including phenoxy) is 1. The molecule has 0 spiro atoms. The number of fused-ring (bicyclic) bond motifs is 1. The van der Waals surface area contributed by atoms with Crippen LogP contribution in [0.5, 0.6) is 5.75 Å². The standard InChI is InChI=1S/C20H24N4O5S/c1-5-10-23-19-9-7-16(30(27,28)22(3)4)12-17(19)21-20(23)13-29-15-6-8-18(24(25)26)14(2)11-15/h6-9,11-12H,5,10,13H2,1-4H3. The molecule has 160 valence electrons. The summed E-state index contributed by atoms with van der Waals surface area (Å²) in [5.41, 5.74) is 1.95. The lowest BCUT2D eigenvalue weighted by molar-refractivity contribution is -0.385. The van der Waals surface area contributed by atoms with Gasteiger partial charge in [0.15, 0.2) is 0 Å². The molecule has 0 aliphatic rings. The first-order valence-corrected chi connectivity index (χ1v) is 10.9. The lowest BCUT2D eigenvalue weighted by atomic mass is 10.2. The van der Waals surface area contributed by atoms with Gasteiger partial charge in [0, 0.05) is 32.3 Å². The molecule has 9 nitrogen and oxygen atoms in total. The van der Waals surface area contributed by atoms with Crippen molar-refractivity contribution in [1.29, 1.82) is 0 Å². The Morgan fingerprint density at radius 3 is 2.53 bits per heavy atom. The highest BCUT2D eigenvalue weighted by Crippen LogP contribution is 2.26. The fourth-order valence-electron chi connectivity index (χ4n) is 3.18. The number of nitro groups is 1. The maximum absolute atomic E-state index is 12.4. The molecular formula is C20H24N4O5S. The van der Waals surface area contributed by atoms with Crippen molar-refractivity contribution in [1.82, 2.24) is 13.9 Å². The third kappa shape index (κ3) is 4.14. The van der Waals surface area contributed by atoms with E-state index in [1.54, 1.807) is 37.3 Å². The lowest BCUT2D eigenvalue weighted by Crippen LogP contribution is -2.22. The van der Waals surface area contributed by atoms with Gasteiger partial charge >= 0.3 is 0 Å². The first-order valence-electron chi connectivity index (χ1n) is 9.44. The minimum atomic E-state index is -3.56. The molecule has 1 aromatic heterocycles. The van der Waals surface area contributed by atoms with Crippen molar-refractivity contribution in [3.05, 3.63) is 57.9 Å². The zero-order chi connectivity index (χ0) is 22.1. The van der Waals surface area contributed by atoms with Gasteiger partial charge in [-0.1, -0.05) is 6.92 Å². The second-order valence-electron chi connectivity index (χ2n) is 7.11. The molecule has 0 unspecified atom stereocenters. The van der Waals surface area contributed by atoms with Crippen LogP contribution in [-0.2, 0) is 23.2 Å². The van der Waals surface area contributed by atoms with Gasteiger partial charge in [0.25, 0.3) is 5.69 Å². The molecule has 3 rings (SSSR count). The van der Waals surface area contributed by atoms with Crippen LogP contribution in [0.3, 0.4) is 0 Å². The van der Waals surface area contributed by atoms with Crippen molar-refractivity contribution < 1.29 is 18.1 Å². The van der Waals surface area contributed by atoms with Gasteiger partial charge in [-0.15, -0.1) is 0 Å². The third-order valence-corrected chi connectivity index (χ3v) is 6.57. The quantitative estimate of drug-likeness (QED) is 0.398. The van der Waals surface area contributed by atoms with E-state index in [9.17, 15) is 18.5 Å². The Morgan fingerprint density at radius 1 is 1.20 bits per heavy atom. The molecule has 0 radical (unpaired) electrons. The fraction of sp³-hybridized carbons (Fsp3) is 0.350. The number of rotatable bonds is 8. The summed E-state index contributed by atoms with van der Waals surface area (Å²) in [7, 11) is -0.584. The van der Waals surface area contributed by atoms with Crippen LogP contribution < -0.4 is 4.74 Å². The number of benzene rings is 2. The number of aryl methyl sites for hydroxylation is 2. The maximum atomic E-state index is 12.4. The minimum absolute atomic E-state index is 0.0372. The molecule has 0 aliphatic carbocycles. The fourth-order valence-corrected chi connectivity index (χ4v) is 4.11. The maximum Gasteiger partial charge on any atom is 0.272 e. The predicted molar refractivity (Wildman–Crippen MR) is 113 cm³/mol. The first-order chi connectivity index (χ1) is 14.1. The molecule has 10 heteroatoms. The van der Waals surface area contributed by atoms with Crippen molar-refractivity contribution in [3.8, 4) is 5.75 Å². The predicted octanol–water partition coefficient (Wildman–Crippen LogP) is 3.49. The minimum Gasteiger partial charge on any atom is -0.486 e. The molecular weight excluding hydrogens is 408 g/mol. The van der Waals surface area contributed by atoms with E-state index in [0.717, 1.165) is 16.2 Å². The van der Waals surface area contributed by atoms with Crippen molar-refractivity contribution in [2.24, 2.45) is 0 Å². The van der Waals surface area contributed by atoms with Gasteiger partial charge < -0.3 is 9.30 Å². The summed E-state index contributed by atoms with van der Waals surface area (Å²) in [4.78, 5) is 15.3. The summed E-state index contributed by atoms with van der Waals surface area (Å²) >= 11 is 0. The number of aromatic nitrogens is 2. The highest BCUT2D eigenvalue weighted by molar-refractivity contribution is 7.89. The molecule has 0 atom stereocenters. The van der Waals surface area contributed by atoms with Crippen LogP contribution in [0.1, 0.15) is 24.7 Å².